The molecule has 1 saturated carbocycles. The van der Waals surface area contributed by atoms with E-state index < -0.39 is 12.6 Å². The van der Waals surface area contributed by atoms with Crippen LogP contribution in [0.4, 0.5) is 13.2 Å². The lowest BCUT2D eigenvalue weighted by molar-refractivity contribution is -0.135. The first kappa shape index (κ1) is 13.1. The van der Waals surface area contributed by atoms with Crippen LogP contribution in [0.5, 0.6) is 0 Å². The predicted molar refractivity (Wildman–Crippen MR) is 57.2 cm³/mol. The second-order valence-corrected chi connectivity index (χ2v) is 4.15. The van der Waals surface area contributed by atoms with E-state index in [0.29, 0.717) is 25.0 Å². The molecular weight excluding hydrogens is 219 g/mol. The first-order valence-electron chi connectivity index (χ1n) is 5.49. The van der Waals surface area contributed by atoms with Crippen molar-refractivity contribution in [3.63, 3.8) is 0 Å². The van der Waals surface area contributed by atoms with Gasteiger partial charge in [-0.3, -0.25) is 4.99 Å². The number of nitrogens with two attached hydrogens (primary N) is 1. The Morgan fingerprint density at radius 3 is 2.50 bits per heavy atom. The Morgan fingerprint density at radius 1 is 1.38 bits per heavy atom. The van der Waals surface area contributed by atoms with Crippen molar-refractivity contribution in [2.24, 2.45) is 10.7 Å². The van der Waals surface area contributed by atoms with Crippen LogP contribution in [0.15, 0.2) is 4.99 Å². The van der Waals surface area contributed by atoms with Gasteiger partial charge >= 0.3 is 6.18 Å². The number of guanidine groups is 1. The Bertz CT molecular complexity index is 246. The van der Waals surface area contributed by atoms with Gasteiger partial charge < -0.3 is 10.6 Å². The molecule has 0 aromatic rings. The molecule has 0 spiro atoms. The van der Waals surface area contributed by atoms with Crippen molar-refractivity contribution >= 4 is 5.96 Å². The molecule has 1 rings (SSSR count). The molecule has 0 atom stereocenters. The molecule has 2 N–H and O–H groups in total. The van der Waals surface area contributed by atoms with Crippen LogP contribution in [0.2, 0.25) is 0 Å². The summed E-state index contributed by atoms with van der Waals surface area (Å²) in [7, 11) is 1.87. The largest absolute Gasteiger partial charge is 0.389 e. The molecule has 3 nitrogen and oxygen atoms in total. The Hall–Kier alpha value is -0.940. The van der Waals surface area contributed by atoms with Gasteiger partial charge in [0.1, 0.15) is 0 Å². The second kappa shape index (κ2) is 5.41. The number of nitrogens with zero attached hydrogens (tertiary/aromatic N) is 2. The van der Waals surface area contributed by atoms with E-state index in [-0.39, 0.29) is 6.42 Å². The molecule has 0 aromatic carbocycles. The maximum atomic E-state index is 11.8. The van der Waals surface area contributed by atoms with Gasteiger partial charge in [-0.1, -0.05) is 0 Å². The molecule has 1 aliphatic carbocycles. The number of rotatable bonds is 5. The highest BCUT2D eigenvalue weighted by molar-refractivity contribution is 5.78. The van der Waals surface area contributed by atoms with Gasteiger partial charge in [0.25, 0.3) is 0 Å². The van der Waals surface area contributed by atoms with Gasteiger partial charge in [-0.2, -0.15) is 13.2 Å². The molecule has 1 fully saturated rings. The number of unbranched alkanes of at least 4 members (excludes halogenated alkanes) is 1. The number of halogens is 3. The average Bonchev–Trinajstić information content (AvgIpc) is 2.97. The predicted octanol–water partition coefficient (Wildman–Crippen LogP) is 2.13. The van der Waals surface area contributed by atoms with E-state index in [2.05, 4.69) is 4.99 Å². The zero-order valence-electron chi connectivity index (χ0n) is 9.43. The second-order valence-electron chi connectivity index (χ2n) is 4.15. The lowest BCUT2D eigenvalue weighted by atomic mass is 10.2. The highest BCUT2D eigenvalue weighted by Gasteiger charge is 2.27. The van der Waals surface area contributed by atoms with Crippen LogP contribution in [0.25, 0.3) is 0 Å². The highest BCUT2D eigenvalue weighted by atomic mass is 19.4. The Balaban J connectivity index is 2.11. The summed E-state index contributed by atoms with van der Waals surface area (Å²) in [4.78, 5) is 5.95. The lowest BCUT2D eigenvalue weighted by Gasteiger charge is -2.16. The molecule has 16 heavy (non-hydrogen) atoms. The van der Waals surface area contributed by atoms with Gasteiger partial charge in [0.15, 0.2) is 5.96 Å². The summed E-state index contributed by atoms with van der Waals surface area (Å²) in [6, 6.07) is 0.485. The van der Waals surface area contributed by atoms with Gasteiger partial charge in [-0.25, -0.2) is 0 Å². The van der Waals surface area contributed by atoms with Gasteiger partial charge in [-0.05, 0) is 25.7 Å². The fraction of sp³-hybridized carbons (Fsp3) is 0.900. The lowest BCUT2D eigenvalue weighted by Crippen LogP contribution is -2.35. The molecular formula is C10H18F3N3. The third-order valence-electron chi connectivity index (χ3n) is 2.60. The molecule has 0 aromatic heterocycles. The van der Waals surface area contributed by atoms with Crippen LogP contribution >= 0.6 is 0 Å². The van der Waals surface area contributed by atoms with Crippen molar-refractivity contribution < 1.29 is 13.2 Å². The molecule has 0 bridgehead atoms. The first-order valence-corrected chi connectivity index (χ1v) is 5.49. The standard InChI is InChI=1S/C10H18F3N3/c1-16(8-4-5-8)9(14)15-7-3-2-6-10(11,12)13/h8H,2-7H2,1H3,(H2,14,15). The van der Waals surface area contributed by atoms with Gasteiger partial charge in [-0.15, -0.1) is 0 Å². The van der Waals surface area contributed by atoms with Crippen molar-refractivity contribution in [3.8, 4) is 0 Å². The Kier molecular flexibility index (Phi) is 4.44. The summed E-state index contributed by atoms with van der Waals surface area (Å²) < 4.78 is 35.4. The van der Waals surface area contributed by atoms with Gasteiger partial charge in [0, 0.05) is 26.1 Å². The van der Waals surface area contributed by atoms with E-state index in [4.69, 9.17) is 5.73 Å². The minimum absolute atomic E-state index is 0.118. The highest BCUT2D eigenvalue weighted by Crippen LogP contribution is 2.25. The molecule has 6 heteroatoms. The molecule has 0 heterocycles. The van der Waals surface area contributed by atoms with Crippen LogP contribution in [-0.2, 0) is 0 Å². The van der Waals surface area contributed by atoms with Crippen LogP contribution in [0, 0.1) is 0 Å². The van der Waals surface area contributed by atoms with E-state index in [1.165, 1.54) is 0 Å². The molecule has 0 radical (unpaired) electrons. The topological polar surface area (TPSA) is 41.6 Å². The summed E-state index contributed by atoms with van der Waals surface area (Å²) in [5.41, 5.74) is 5.68. The molecule has 0 saturated heterocycles. The minimum Gasteiger partial charge on any atom is -0.370 e. The zero-order chi connectivity index (χ0) is 12.2. The van der Waals surface area contributed by atoms with E-state index in [1.54, 1.807) is 0 Å². The third kappa shape index (κ3) is 5.23. The minimum atomic E-state index is -4.06. The fourth-order valence-corrected chi connectivity index (χ4v) is 1.39. The zero-order valence-corrected chi connectivity index (χ0v) is 9.43. The van der Waals surface area contributed by atoms with Crippen molar-refractivity contribution in [3.05, 3.63) is 0 Å². The first-order chi connectivity index (χ1) is 7.40. The van der Waals surface area contributed by atoms with Crippen LogP contribution in [0.3, 0.4) is 0 Å². The maximum Gasteiger partial charge on any atom is 0.389 e. The van der Waals surface area contributed by atoms with Gasteiger partial charge in [0.05, 0.1) is 0 Å². The average molecular weight is 237 g/mol. The summed E-state index contributed by atoms with van der Waals surface area (Å²) in [6.07, 6.45) is -1.99. The summed E-state index contributed by atoms with van der Waals surface area (Å²) in [6.45, 7) is 0.374. The summed E-state index contributed by atoms with van der Waals surface area (Å²) in [5.74, 6) is 0.439. The Morgan fingerprint density at radius 2 is 2.00 bits per heavy atom. The van der Waals surface area contributed by atoms with Crippen LogP contribution < -0.4 is 5.73 Å². The van der Waals surface area contributed by atoms with Crippen molar-refractivity contribution in [2.45, 2.75) is 44.3 Å². The number of aliphatic imine (C=N–C) groups is 1. The molecule has 0 aliphatic heterocycles. The van der Waals surface area contributed by atoms with Crippen LogP contribution in [-0.4, -0.2) is 36.7 Å². The monoisotopic (exact) mass is 237 g/mol. The number of hydrogen-bond donors (Lipinski definition) is 1. The fourth-order valence-electron chi connectivity index (χ4n) is 1.39. The molecule has 0 unspecified atom stereocenters. The molecule has 94 valence electrons. The van der Waals surface area contributed by atoms with E-state index in [1.807, 2.05) is 11.9 Å². The Labute approximate surface area is 93.5 Å². The van der Waals surface area contributed by atoms with Crippen molar-refractivity contribution in [1.82, 2.24) is 4.90 Å². The van der Waals surface area contributed by atoms with Gasteiger partial charge in [0.2, 0.25) is 0 Å². The van der Waals surface area contributed by atoms with E-state index in [9.17, 15) is 13.2 Å². The third-order valence-corrected chi connectivity index (χ3v) is 2.60. The summed E-state index contributed by atoms with van der Waals surface area (Å²) >= 11 is 0. The normalized spacial score (nSPS) is 17.6. The molecule has 0 amide bonds. The number of alkyl halides is 3. The SMILES string of the molecule is CN(C(N)=NCCCCC(F)(F)F)C1CC1. The maximum absolute atomic E-state index is 11.8. The number of hydrogen-bond acceptors (Lipinski definition) is 1. The molecule has 1 aliphatic rings. The van der Waals surface area contributed by atoms with E-state index in [0.717, 1.165) is 12.8 Å². The smallest absolute Gasteiger partial charge is 0.370 e. The van der Waals surface area contributed by atoms with Crippen LogP contribution in [0.1, 0.15) is 32.1 Å². The quantitative estimate of drug-likeness (QED) is 0.452. The van der Waals surface area contributed by atoms with Crippen molar-refractivity contribution in [2.75, 3.05) is 13.6 Å². The van der Waals surface area contributed by atoms with E-state index >= 15 is 0 Å². The summed E-state index contributed by atoms with van der Waals surface area (Å²) in [5, 5.41) is 0. The van der Waals surface area contributed by atoms with Crippen molar-refractivity contribution in [1.29, 1.82) is 0 Å².